The summed E-state index contributed by atoms with van der Waals surface area (Å²) in [5, 5.41) is 0. The first-order chi connectivity index (χ1) is 10.6. The standard InChI is InChI=1S/C17H34O4Si/c1-5-7-10-19-16(20-11-8-6-2)14-22-13-9-12-21-17(18)15(3)4/h16H,3,5-14,22H2,1-2,4H3. The molecule has 5 heteroatoms. The van der Waals surface area contributed by atoms with Crippen LogP contribution in [0.4, 0.5) is 0 Å². The first-order valence-corrected chi connectivity index (χ1v) is 10.7. The Morgan fingerprint density at radius 1 is 1.05 bits per heavy atom. The van der Waals surface area contributed by atoms with E-state index < -0.39 is 0 Å². The molecule has 0 aliphatic heterocycles. The van der Waals surface area contributed by atoms with Crippen LogP contribution >= 0.6 is 0 Å². The minimum absolute atomic E-state index is 0.0252. The molecule has 22 heavy (non-hydrogen) atoms. The maximum atomic E-state index is 11.2. The number of carbonyl (C=O) groups is 1. The van der Waals surface area contributed by atoms with Gasteiger partial charge in [0.2, 0.25) is 0 Å². The van der Waals surface area contributed by atoms with Crippen LogP contribution in [0.2, 0.25) is 12.1 Å². The molecule has 0 saturated carbocycles. The average molecular weight is 331 g/mol. The zero-order valence-electron chi connectivity index (χ0n) is 14.7. The van der Waals surface area contributed by atoms with E-state index in [1.54, 1.807) is 6.92 Å². The van der Waals surface area contributed by atoms with E-state index in [1.807, 2.05) is 0 Å². The normalized spacial score (nSPS) is 11.5. The van der Waals surface area contributed by atoms with Gasteiger partial charge in [0.1, 0.15) is 0 Å². The lowest BCUT2D eigenvalue weighted by Gasteiger charge is -2.18. The monoisotopic (exact) mass is 330 g/mol. The van der Waals surface area contributed by atoms with Crippen molar-refractivity contribution in [1.29, 1.82) is 0 Å². The van der Waals surface area contributed by atoms with Gasteiger partial charge in [0.25, 0.3) is 0 Å². The Bertz CT molecular complexity index is 284. The first kappa shape index (κ1) is 21.3. The van der Waals surface area contributed by atoms with Crippen LogP contribution in [-0.2, 0) is 19.0 Å². The van der Waals surface area contributed by atoms with Gasteiger partial charge < -0.3 is 14.2 Å². The van der Waals surface area contributed by atoms with E-state index in [-0.39, 0.29) is 21.8 Å². The number of unbranched alkanes of at least 4 members (excludes halogenated alkanes) is 2. The molecular formula is C17H34O4Si. The summed E-state index contributed by atoms with van der Waals surface area (Å²) in [5.41, 5.74) is 0.464. The summed E-state index contributed by atoms with van der Waals surface area (Å²) < 4.78 is 16.7. The van der Waals surface area contributed by atoms with Crippen LogP contribution in [0, 0.1) is 0 Å². The SMILES string of the molecule is C=C(C)C(=O)OCCC[SiH2]CC(OCCCC)OCCCC. The highest BCUT2D eigenvalue weighted by Gasteiger charge is 2.09. The zero-order chi connectivity index (χ0) is 16.6. The molecule has 0 aromatic carbocycles. The van der Waals surface area contributed by atoms with Crippen molar-refractivity contribution in [2.45, 2.75) is 71.3 Å². The summed E-state index contributed by atoms with van der Waals surface area (Å²) >= 11 is 0. The molecule has 0 aliphatic rings. The first-order valence-electron chi connectivity index (χ1n) is 8.67. The highest BCUT2D eigenvalue weighted by Crippen LogP contribution is 2.07. The molecular weight excluding hydrogens is 296 g/mol. The molecule has 0 heterocycles. The van der Waals surface area contributed by atoms with Gasteiger partial charge in [-0.25, -0.2) is 4.79 Å². The quantitative estimate of drug-likeness (QED) is 0.152. The highest BCUT2D eigenvalue weighted by atomic mass is 28.2. The molecule has 0 spiro atoms. The molecule has 0 aliphatic carbocycles. The van der Waals surface area contributed by atoms with Crippen molar-refractivity contribution >= 4 is 15.5 Å². The minimum atomic E-state index is -0.287. The number of rotatable bonds is 15. The van der Waals surface area contributed by atoms with E-state index in [9.17, 15) is 4.79 Å². The maximum Gasteiger partial charge on any atom is 0.333 e. The fraction of sp³-hybridized carbons (Fsp3) is 0.824. The molecule has 0 fully saturated rings. The van der Waals surface area contributed by atoms with Crippen LogP contribution < -0.4 is 0 Å². The molecule has 130 valence electrons. The van der Waals surface area contributed by atoms with E-state index in [1.165, 1.54) is 0 Å². The molecule has 0 N–H and O–H groups in total. The molecule has 0 saturated heterocycles. The third kappa shape index (κ3) is 13.0. The summed E-state index contributed by atoms with van der Waals surface area (Å²) in [4.78, 5) is 11.2. The second kappa shape index (κ2) is 15.3. The van der Waals surface area contributed by atoms with Crippen molar-refractivity contribution in [3.05, 3.63) is 12.2 Å². The number of ether oxygens (including phenoxy) is 3. The molecule has 4 nitrogen and oxygen atoms in total. The molecule has 0 bridgehead atoms. The second-order valence-corrected chi connectivity index (χ2v) is 7.64. The Balaban J connectivity index is 3.71. The molecule has 0 unspecified atom stereocenters. The van der Waals surface area contributed by atoms with Crippen LogP contribution in [0.1, 0.15) is 52.9 Å². The Kier molecular flexibility index (Phi) is 14.8. The van der Waals surface area contributed by atoms with Crippen LogP contribution in [0.3, 0.4) is 0 Å². The van der Waals surface area contributed by atoms with Crippen molar-refractivity contribution in [3.63, 3.8) is 0 Å². The summed E-state index contributed by atoms with van der Waals surface area (Å²) in [5.74, 6) is -0.287. The molecule has 0 radical (unpaired) electrons. The summed E-state index contributed by atoms with van der Waals surface area (Å²) in [7, 11) is -0.233. The summed E-state index contributed by atoms with van der Waals surface area (Å²) in [6.45, 7) is 11.6. The zero-order valence-corrected chi connectivity index (χ0v) is 16.1. The number of carbonyl (C=O) groups excluding carboxylic acids is 1. The maximum absolute atomic E-state index is 11.2. The van der Waals surface area contributed by atoms with Gasteiger partial charge in [0, 0.05) is 28.3 Å². The van der Waals surface area contributed by atoms with Crippen LogP contribution in [0.25, 0.3) is 0 Å². The molecule has 0 aromatic rings. The van der Waals surface area contributed by atoms with Gasteiger partial charge >= 0.3 is 5.97 Å². The van der Waals surface area contributed by atoms with Gasteiger partial charge in [0.05, 0.1) is 6.61 Å². The van der Waals surface area contributed by atoms with Gasteiger partial charge in [-0.15, -0.1) is 0 Å². The summed E-state index contributed by atoms with van der Waals surface area (Å²) in [6, 6.07) is 2.19. The Morgan fingerprint density at radius 2 is 1.64 bits per heavy atom. The van der Waals surface area contributed by atoms with Gasteiger partial charge in [-0.1, -0.05) is 39.3 Å². The fourth-order valence-electron chi connectivity index (χ4n) is 1.81. The van der Waals surface area contributed by atoms with Crippen LogP contribution in [0.5, 0.6) is 0 Å². The van der Waals surface area contributed by atoms with Crippen molar-refractivity contribution in [2.75, 3.05) is 19.8 Å². The second-order valence-electron chi connectivity index (χ2n) is 5.64. The predicted molar refractivity (Wildman–Crippen MR) is 94.1 cm³/mol. The molecule has 0 rings (SSSR count). The molecule has 0 aromatic heterocycles. The number of hydrogen-bond acceptors (Lipinski definition) is 4. The lowest BCUT2D eigenvalue weighted by molar-refractivity contribution is -0.139. The third-order valence-electron chi connectivity index (χ3n) is 3.27. The predicted octanol–water partition coefficient (Wildman–Crippen LogP) is 3.46. The lowest BCUT2D eigenvalue weighted by atomic mass is 10.4. The van der Waals surface area contributed by atoms with Gasteiger partial charge in [0.15, 0.2) is 6.29 Å². The van der Waals surface area contributed by atoms with Gasteiger partial charge in [-0.05, 0) is 32.2 Å². The molecule has 0 atom stereocenters. The van der Waals surface area contributed by atoms with E-state index >= 15 is 0 Å². The van der Waals surface area contributed by atoms with Crippen LogP contribution in [0.15, 0.2) is 12.2 Å². The van der Waals surface area contributed by atoms with Crippen molar-refractivity contribution < 1.29 is 19.0 Å². The van der Waals surface area contributed by atoms with Gasteiger partial charge in [-0.3, -0.25) is 0 Å². The van der Waals surface area contributed by atoms with E-state index in [0.717, 1.165) is 57.4 Å². The summed E-state index contributed by atoms with van der Waals surface area (Å²) in [6.07, 6.45) is 5.38. The third-order valence-corrected chi connectivity index (χ3v) is 5.15. The largest absolute Gasteiger partial charge is 0.462 e. The average Bonchev–Trinajstić information content (AvgIpc) is 2.50. The lowest BCUT2D eigenvalue weighted by Crippen LogP contribution is -2.20. The Morgan fingerprint density at radius 3 is 2.14 bits per heavy atom. The minimum Gasteiger partial charge on any atom is -0.462 e. The highest BCUT2D eigenvalue weighted by molar-refractivity contribution is 6.35. The number of hydrogen-bond donors (Lipinski definition) is 0. The Labute approximate surface area is 138 Å². The van der Waals surface area contributed by atoms with E-state index in [4.69, 9.17) is 14.2 Å². The van der Waals surface area contributed by atoms with Crippen LogP contribution in [-0.4, -0.2) is 41.6 Å². The van der Waals surface area contributed by atoms with Crippen molar-refractivity contribution in [2.24, 2.45) is 0 Å². The number of esters is 1. The van der Waals surface area contributed by atoms with Crippen molar-refractivity contribution in [3.8, 4) is 0 Å². The topological polar surface area (TPSA) is 44.8 Å². The van der Waals surface area contributed by atoms with E-state index in [2.05, 4.69) is 20.4 Å². The molecule has 0 amide bonds. The van der Waals surface area contributed by atoms with E-state index in [0.29, 0.717) is 12.2 Å². The van der Waals surface area contributed by atoms with Crippen molar-refractivity contribution in [1.82, 2.24) is 0 Å². The van der Waals surface area contributed by atoms with Gasteiger partial charge in [-0.2, -0.15) is 0 Å². The Hall–Kier alpha value is -0.653. The smallest absolute Gasteiger partial charge is 0.333 e. The fourth-order valence-corrected chi connectivity index (χ4v) is 3.32.